The second-order valence-electron chi connectivity index (χ2n) is 5.62. The first-order valence-corrected chi connectivity index (χ1v) is 10.1. The van der Waals surface area contributed by atoms with Crippen molar-refractivity contribution < 1.29 is 0 Å². The maximum atomic E-state index is 5.48. The van der Waals surface area contributed by atoms with Gasteiger partial charge in [-0.3, -0.25) is 0 Å². The number of aryl methyl sites for hydroxylation is 1. The van der Waals surface area contributed by atoms with Gasteiger partial charge in [0.25, 0.3) is 0 Å². The minimum atomic E-state index is 0.768. The highest BCUT2D eigenvalue weighted by Crippen LogP contribution is 2.11. The molecular formula is C16H31N5S2. The fraction of sp³-hybridized carbons (Fsp3) is 0.750. The lowest BCUT2D eigenvalue weighted by atomic mass is 10.1. The second-order valence-corrected chi connectivity index (χ2v) is 7.13. The van der Waals surface area contributed by atoms with Crippen LogP contribution >= 0.6 is 24.0 Å². The summed E-state index contributed by atoms with van der Waals surface area (Å²) in [7, 11) is 0. The zero-order chi connectivity index (χ0) is 16.8. The summed E-state index contributed by atoms with van der Waals surface area (Å²) in [6.07, 6.45) is 9.21. The van der Waals surface area contributed by atoms with Gasteiger partial charge < -0.3 is 21.4 Å². The van der Waals surface area contributed by atoms with Crippen LogP contribution in [0.25, 0.3) is 0 Å². The van der Waals surface area contributed by atoms with Crippen molar-refractivity contribution in [1.82, 2.24) is 20.6 Å². The molecule has 1 aromatic rings. The number of unbranched alkanes of at least 4 members (excludes halogenated alkanes) is 5. The van der Waals surface area contributed by atoms with Crippen molar-refractivity contribution in [2.45, 2.75) is 51.2 Å². The van der Waals surface area contributed by atoms with E-state index in [2.05, 4.69) is 27.5 Å². The third-order valence-electron chi connectivity index (χ3n) is 3.62. The van der Waals surface area contributed by atoms with Crippen LogP contribution in [-0.4, -0.2) is 40.5 Å². The number of imidazole rings is 1. The van der Waals surface area contributed by atoms with Crippen LogP contribution in [0.2, 0.25) is 0 Å². The highest BCUT2D eigenvalue weighted by atomic mass is 32.2. The van der Waals surface area contributed by atoms with Gasteiger partial charge >= 0.3 is 0 Å². The Bertz CT molecular complexity index is 422. The minimum Gasteiger partial charge on any atom is -0.363 e. The summed E-state index contributed by atoms with van der Waals surface area (Å²) in [6.45, 7) is 4.72. The topological polar surface area (TPSA) is 78.8 Å². The Labute approximate surface area is 150 Å². The highest BCUT2D eigenvalue weighted by Gasteiger charge is 2.01. The Kier molecular flexibility index (Phi) is 12.0. The number of H-pyrrole nitrogens is 1. The molecule has 1 heterocycles. The molecule has 0 atom stereocenters. The van der Waals surface area contributed by atoms with E-state index in [0.29, 0.717) is 0 Å². The van der Waals surface area contributed by atoms with E-state index in [9.17, 15) is 0 Å². The molecule has 0 aliphatic heterocycles. The quantitative estimate of drug-likeness (QED) is 0.321. The number of nitrogens with one attached hydrogen (secondary N) is 3. The van der Waals surface area contributed by atoms with Gasteiger partial charge in [0.2, 0.25) is 0 Å². The number of hydrogen-bond acceptors (Lipinski definition) is 4. The maximum Gasteiger partial charge on any atom is 0.166 e. The summed E-state index contributed by atoms with van der Waals surface area (Å²) in [5, 5.41) is 7.29. The monoisotopic (exact) mass is 357 g/mol. The lowest BCUT2D eigenvalue weighted by Gasteiger charge is -2.10. The number of aromatic nitrogens is 2. The van der Waals surface area contributed by atoms with Crippen LogP contribution in [0.3, 0.4) is 0 Å². The molecule has 1 aromatic heterocycles. The largest absolute Gasteiger partial charge is 0.363 e. The first-order chi connectivity index (χ1) is 11.2. The molecule has 23 heavy (non-hydrogen) atoms. The van der Waals surface area contributed by atoms with E-state index < -0.39 is 0 Å². The Balaban J connectivity index is 1.86. The molecule has 7 heteroatoms. The highest BCUT2D eigenvalue weighted by molar-refractivity contribution is 7.98. The van der Waals surface area contributed by atoms with E-state index in [4.69, 9.17) is 18.0 Å². The normalized spacial score (nSPS) is 10.7. The molecule has 5 nitrogen and oxygen atoms in total. The molecule has 0 amide bonds. The average Bonchev–Trinajstić information content (AvgIpc) is 2.95. The Morgan fingerprint density at radius 1 is 1.17 bits per heavy atom. The van der Waals surface area contributed by atoms with E-state index in [1.165, 1.54) is 32.1 Å². The summed E-state index contributed by atoms with van der Waals surface area (Å²) in [4.78, 5) is 7.39. The molecule has 0 aromatic carbocycles. The molecule has 132 valence electrons. The lowest BCUT2D eigenvalue weighted by molar-refractivity contribution is 0.592. The minimum absolute atomic E-state index is 0.768. The molecule has 0 radical (unpaired) electrons. The number of thioether (sulfide) groups is 1. The molecule has 0 bridgehead atoms. The lowest BCUT2D eigenvalue weighted by Crippen LogP contribution is -2.36. The van der Waals surface area contributed by atoms with Gasteiger partial charge in [0.1, 0.15) is 0 Å². The first-order valence-electron chi connectivity index (χ1n) is 8.52. The molecule has 0 spiro atoms. The molecule has 1 rings (SSSR count). The van der Waals surface area contributed by atoms with Crippen LogP contribution in [0.5, 0.6) is 0 Å². The fourth-order valence-corrected chi connectivity index (χ4v) is 3.26. The van der Waals surface area contributed by atoms with Gasteiger partial charge in [-0.25, -0.2) is 4.98 Å². The second kappa shape index (κ2) is 13.6. The predicted molar refractivity (Wildman–Crippen MR) is 105 cm³/mol. The van der Waals surface area contributed by atoms with Crippen LogP contribution in [0.15, 0.2) is 6.33 Å². The number of nitrogens with two attached hydrogens (primary N) is 1. The van der Waals surface area contributed by atoms with Crippen molar-refractivity contribution in [3.63, 3.8) is 0 Å². The smallest absolute Gasteiger partial charge is 0.166 e. The van der Waals surface area contributed by atoms with E-state index >= 15 is 0 Å². The third kappa shape index (κ3) is 10.6. The van der Waals surface area contributed by atoms with E-state index in [0.717, 1.165) is 54.1 Å². The van der Waals surface area contributed by atoms with Crippen LogP contribution in [0.4, 0.5) is 0 Å². The summed E-state index contributed by atoms with van der Waals surface area (Å²) in [6, 6.07) is 0. The van der Waals surface area contributed by atoms with Crippen molar-refractivity contribution in [3.8, 4) is 0 Å². The van der Waals surface area contributed by atoms with Crippen LogP contribution < -0.4 is 16.4 Å². The molecule has 0 saturated carbocycles. The number of thiocarbonyl (C=S) groups is 1. The van der Waals surface area contributed by atoms with Gasteiger partial charge in [-0.15, -0.1) is 0 Å². The molecule has 0 aliphatic carbocycles. The molecule has 0 unspecified atom stereocenters. The average molecular weight is 358 g/mol. The van der Waals surface area contributed by atoms with Crippen molar-refractivity contribution >= 4 is 29.1 Å². The standard InChI is InChI=1S/C16H31N5S2/c1-14-15(21-13-20-14)12-23-11-10-19-16(22)18-9-7-5-3-2-4-6-8-17/h13H,2-12,17H2,1H3,(H,20,21)(H2,18,19,22). The maximum absolute atomic E-state index is 5.48. The van der Waals surface area contributed by atoms with Gasteiger partial charge in [-0.1, -0.05) is 25.7 Å². The van der Waals surface area contributed by atoms with E-state index in [1.54, 1.807) is 6.33 Å². The van der Waals surface area contributed by atoms with Gasteiger partial charge in [0.05, 0.1) is 12.0 Å². The summed E-state index contributed by atoms with van der Waals surface area (Å²) >= 11 is 7.14. The van der Waals surface area contributed by atoms with Gasteiger partial charge in [-0.2, -0.15) is 11.8 Å². The van der Waals surface area contributed by atoms with Crippen molar-refractivity contribution in [2.24, 2.45) is 5.73 Å². The number of aromatic amines is 1. The zero-order valence-electron chi connectivity index (χ0n) is 14.2. The molecular weight excluding hydrogens is 326 g/mol. The van der Waals surface area contributed by atoms with Gasteiger partial charge in [0.15, 0.2) is 5.11 Å². The van der Waals surface area contributed by atoms with Crippen LogP contribution in [0, 0.1) is 6.92 Å². The summed E-state index contributed by atoms with van der Waals surface area (Å²) in [5.41, 5.74) is 7.78. The first kappa shape index (κ1) is 20.3. The van der Waals surface area contributed by atoms with E-state index in [-0.39, 0.29) is 0 Å². The summed E-state index contributed by atoms with van der Waals surface area (Å²) in [5.74, 6) is 1.97. The SMILES string of the molecule is Cc1[nH]cnc1CSCCNC(=S)NCCCCCCCCN. The predicted octanol–water partition coefficient (Wildman–Crippen LogP) is 2.71. The van der Waals surface area contributed by atoms with Gasteiger partial charge in [-0.05, 0) is 38.5 Å². The van der Waals surface area contributed by atoms with Crippen molar-refractivity contribution in [2.75, 3.05) is 25.4 Å². The number of rotatable bonds is 13. The van der Waals surface area contributed by atoms with Gasteiger partial charge in [0, 0.05) is 30.3 Å². The molecule has 0 saturated heterocycles. The Morgan fingerprint density at radius 3 is 2.57 bits per heavy atom. The third-order valence-corrected chi connectivity index (χ3v) is 4.88. The fourth-order valence-electron chi connectivity index (χ4n) is 2.18. The molecule has 0 aliphatic rings. The molecule has 5 N–H and O–H groups in total. The van der Waals surface area contributed by atoms with Crippen molar-refractivity contribution in [1.29, 1.82) is 0 Å². The van der Waals surface area contributed by atoms with Crippen LogP contribution in [-0.2, 0) is 5.75 Å². The number of nitrogens with zero attached hydrogens (tertiary/aromatic N) is 1. The van der Waals surface area contributed by atoms with Crippen LogP contribution in [0.1, 0.15) is 49.9 Å². The number of hydrogen-bond donors (Lipinski definition) is 4. The molecule has 0 fully saturated rings. The summed E-state index contributed by atoms with van der Waals surface area (Å²) < 4.78 is 0. The van der Waals surface area contributed by atoms with Crippen molar-refractivity contribution in [3.05, 3.63) is 17.7 Å². The van der Waals surface area contributed by atoms with E-state index in [1.807, 2.05) is 11.8 Å². The Morgan fingerprint density at radius 2 is 1.87 bits per heavy atom. The zero-order valence-corrected chi connectivity index (χ0v) is 15.8. The Hall–Kier alpha value is -0.790.